The van der Waals surface area contributed by atoms with Crippen LogP contribution in [0.5, 0.6) is 0 Å². The van der Waals surface area contributed by atoms with Crippen molar-refractivity contribution in [2.75, 3.05) is 0 Å². The van der Waals surface area contributed by atoms with Crippen LogP contribution in [0.15, 0.2) is 36.5 Å². The van der Waals surface area contributed by atoms with Crippen LogP contribution in [0.25, 0.3) is 11.1 Å². The van der Waals surface area contributed by atoms with Crippen molar-refractivity contribution >= 4 is 0 Å². The molecule has 0 atom stereocenters. The number of aromatic nitrogens is 1. The first-order valence-electron chi connectivity index (χ1n) is 6.11. The summed E-state index contributed by atoms with van der Waals surface area (Å²) < 4.78 is 0. The zero-order chi connectivity index (χ0) is 12.4. The fourth-order valence-electron chi connectivity index (χ4n) is 1.95. The molecule has 0 amide bonds. The normalized spacial score (nSPS) is 10.9. The summed E-state index contributed by atoms with van der Waals surface area (Å²) in [4.78, 5) is 4.53. The molecule has 0 aliphatic carbocycles. The van der Waals surface area contributed by atoms with Crippen LogP contribution in [0.3, 0.4) is 0 Å². The molecule has 0 radical (unpaired) electrons. The number of hydrogen-bond donors (Lipinski definition) is 0. The molecule has 0 saturated carbocycles. The monoisotopic (exact) mass is 225 g/mol. The highest BCUT2D eigenvalue weighted by atomic mass is 14.7. The molecular weight excluding hydrogens is 206 g/mol. The van der Waals surface area contributed by atoms with E-state index in [4.69, 9.17) is 0 Å². The topological polar surface area (TPSA) is 12.9 Å². The molecule has 0 spiro atoms. The van der Waals surface area contributed by atoms with Gasteiger partial charge in [-0.2, -0.15) is 0 Å². The Kier molecular flexibility index (Phi) is 3.28. The van der Waals surface area contributed by atoms with Crippen LogP contribution in [0.1, 0.15) is 36.6 Å². The molecule has 0 aliphatic rings. The van der Waals surface area contributed by atoms with Gasteiger partial charge in [0, 0.05) is 17.5 Å². The Morgan fingerprint density at radius 2 is 1.76 bits per heavy atom. The van der Waals surface area contributed by atoms with Crippen LogP contribution < -0.4 is 0 Å². The van der Waals surface area contributed by atoms with Gasteiger partial charge in [-0.05, 0) is 37.0 Å². The van der Waals surface area contributed by atoms with Crippen LogP contribution >= 0.6 is 0 Å². The Labute approximate surface area is 104 Å². The minimum Gasteiger partial charge on any atom is -0.260 e. The Balaban J connectivity index is 2.43. The second-order valence-corrected chi connectivity index (χ2v) is 4.94. The molecular formula is C16H19N. The summed E-state index contributed by atoms with van der Waals surface area (Å²) >= 11 is 0. The highest BCUT2D eigenvalue weighted by molar-refractivity contribution is 5.67. The first kappa shape index (κ1) is 11.8. The predicted molar refractivity (Wildman–Crippen MR) is 73.2 cm³/mol. The molecule has 17 heavy (non-hydrogen) atoms. The van der Waals surface area contributed by atoms with E-state index >= 15 is 0 Å². The minimum atomic E-state index is 0.489. The van der Waals surface area contributed by atoms with Gasteiger partial charge in [-0.25, -0.2) is 0 Å². The maximum Gasteiger partial charge on any atom is 0.0429 e. The fourth-order valence-corrected chi connectivity index (χ4v) is 1.95. The number of hydrogen-bond acceptors (Lipinski definition) is 1. The van der Waals surface area contributed by atoms with Crippen LogP contribution in [0.4, 0.5) is 0 Å². The number of pyridine rings is 1. The Morgan fingerprint density at radius 3 is 2.35 bits per heavy atom. The highest BCUT2D eigenvalue weighted by Gasteiger charge is 2.04. The van der Waals surface area contributed by atoms with Crippen LogP contribution in [-0.4, -0.2) is 4.98 Å². The maximum absolute atomic E-state index is 4.53. The number of rotatable bonds is 2. The molecule has 1 aromatic carbocycles. The van der Waals surface area contributed by atoms with Gasteiger partial charge in [0.2, 0.25) is 0 Å². The van der Waals surface area contributed by atoms with E-state index in [0.717, 1.165) is 5.69 Å². The lowest BCUT2D eigenvalue weighted by Gasteiger charge is -2.09. The molecule has 2 aromatic rings. The lowest BCUT2D eigenvalue weighted by Crippen LogP contribution is -1.93. The third-order valence-electron chi connectivity index (χ3n) is 3.08. The van der Waals surface area contributed by atoms with E-state index in [0.29, 0.717) is 5.92 Å². The third kappa shape index (κ3) is 2.55. The molecule has 0 fully saturated rings. The van der Waals surface area contributed by atoms with Gasteiger partial charge < -0.3 is 0 Å². The Hall–Kier alpha value is -1.63. The summed E-state index contributed by atoms with van der Waals surface area (Å²) in [5.41, 5.74) is 6.23. The summed E-state index contributed by atoms with van der Waals surface area (Å²) in [5, 5.41) is 0. The lowest BCUT2D eigenvalue weighted by molar-refractivity contribution is 0.823. The largest absolute Gasteiger partial charge is 0.260 e. The van der Waals surface area contributed by atoms with Gasteiger partial charge in [0.05, 0.1) is 0 Å². The minimum absolute atomic E-state index is 0.489. The molecule has 0 saturated heterocycles. The molecule has 1 heteroatoms. The molecule has 1 nitrogen and oxygen atoms in total. The lowest BCUT2D eigenvalue weighted by atomic mass is 9.99. The van der Waals surface area contributed by atoms with Crippen molar-refractivity contribution in [1.82, 2.24) is 4.98 Å². The van der Waals surface area contributed by atoms with E-state index in [1.165, 1.54) is 22.3 Å². The molecule has 1 heterocycles. The van der Waals surface area contributed by atoms with E-state index in [9.17, 15) is 0 Å². The molecule has 0 unspecified atom stereocenters. The van der Waals surface area contributed by atoms with Gasteiger partial charge in [-0.3, -0.25) is 4.98 Å². The number of aryl methyl sites for hydroxylation is 2. The van der Waals surface area contributed by atoms with Crippen LogP contribution in [0, 0.1) is 13.8 Å². The standard InChI is InChI=1S/C16H19N/c1-11(2)16-8-7-14(10-17-16)15-9-12(3)5-6-13(15)4/h5-11H,1-4H3. The van der Waals surface area contributed by atoms with Crippen molar-refractivity contribution in [3.63, 3.8) is 0 Å². The SMILES string of the molecule is Cc1ccc(C)c(-c2ccc(C(C)C)nc2)c1. The summed E-state index contributed by atoms with van der Waals surface area (Å²) in [7, 11) is 0. The summed E-state index contributed by atoms with van der Waals surface area (Å²) in [6.45, 7) is 8.60. The zero-order valence-electron chi connectivity index (χ0n) is 11.0. The molecule has 0 N–H and O–H groups in total. The van der Waals surface area contributed by atoms with Crippen molar-refractivity contribution < 1.29 is 0 Å². The predicted octanol–water partition coefficient (Wildman–Crippen LogP) is 4.49. The van der Waals surface area contributed by atoms with Crippen molar-refractivity contribution in [2.24, 2.45) is 0 Å². The van der Waals surface area contributed by atoms with Gasteiger partial charge in [-0.1, -0.05) is 43.7 Å². The third-order valence-corrected chi connectivity index (χ3v) is 3.08. The quantitative estimate of drug-likeness (QED) is 0.734. The van der Waals surface area contributed by atoms with E-state index in [1.54, 1.807) is 0 Å². The van der Waals surface area contributed by atoms with Gasteiger partial charge >= 0.3 is 0 Å². The Bertz CT molecular complexity index is 510. The molecule has 1 aromatic heterocycles. The maximum atomic E-state index is 4.53. The first-order chi connectivity index (χ1) is 8.08. The van der Waals surface area contributed by atoms with Crippen molar-refractivity contribution in [3.05, 3.63) is 53.3 Å². The second kappa shape index (κ2) is 4.70. The Morgan fingerprint density at radius 1 is 1.00 bits per heavy atom. The van der Waals surface area contributed by atoms with Crippen LogP contribution in [0.2, 0.25) is 0 Å². The van der Waals surface area contributed by atoms with Gasteiger partial charge in [0.1, 0.15) is 0 Å². The molecule has 0 bridgehead atoms. The second-order valence-electron chi connectivity index (χ2n) is 4.94. The smallest absolute Gasteiger partial charge is 0.0429 e. The van der Waals surface area contributed by atoms with Gasteiger partial charge in [0.25, 0.3) is 0 Å². The molecule has 88 valence electrons. The summed E-state index contributed by atoms with van der Waals surface area (Å²) in [6, 6.07) is 10.8. The van der Waals surface area contributed by atoms with Crippen molar-refractivity contribution in [3.8, 4) is 11.1 Å². The van der Waals surface area contributed by atoms with Crippen molar-refractivity contribution in [1.29, 1.82) is 0 Å². The first-order valence-corrected chi connectivity index (χ1v) is 6.11. The van der Waals surface area contributed by atoms with Crippen LogP contribution in [-0.2, 0) is 0 Å². The van der Waals surface area contributed by atoms with Gasteiger partial charge in [0.15, 0.2) is 0 Å². The fraction of sp³-hybridized carbons (Fsp3) is 0.312. The van der Waals surface area contributed by atoms with Crippen molar-refractivity contribution in [2.45, 2.75) is 33.6 Å². The average molecular weight is 225 g/mol. The summed E-state index contributed by atoms with van der Waals surface area (Å²) in [5.74, 6) is 0.489. The van der Waals surface area contributed by atoms with E-state index in [-0.39, 0.29) is 0 Å². The number of nitrogens with zero attached hydrogens (tertiary/aromatic N) is 1. The van der Waals surface area contributed by atoms with Gasteiger partial charge in [-0.15, -0.1) is 0 Å². The van der Waals surface area contributed by atoms with E-state index in [2.05, 4.69) is 63.0 Å². The average Bonchev–Trinajstić information content (AvgIpc) is 2.32. The number of benzene rings is 1. The molecule has 2 rings (SSSR count). The summed E-state index contributed by atoms with van der Waals surface area (Å²) in [6.07, 6.45) is 1.98. The zero-order valence-corrected chi connectivity index (χ0v) is 11.0. The molecule has 0 aliphatic heterocycles. The van der Waals surface area contributed by atoms with E-state index in [1.807, 2.05) is 6.20 Å². The highest BCUT2D eigenvalue weighted by Crippen LogP contribution is 2.24. The van der Waals surface area contributed by atoms with E-state index < -0.39 is 0 Å².